The highest BCUT2D eigenvalue weighted by molar-refractivity contribution is 7.89. The van der Waals surface area contributed by atoms with Gasteiger partial charge in [0.05, 0.1) is 11.5 Å². The van der Waals surface area contributed by atoms with E-state index in [9.17, 15) is 8.42 Å². The van der Waals surface area contributed by atoms with Crippen molar-refractivity contribution in [1.82, 2.24) is 9.29 Å². The molecule has 0 bridgehead atoms. The smallest absolute Gasteiger partial charge is 0.242 e. The lowest BCUT2D eigenvalue weighted by Crippen LogP contribution is -2.27. The lowest BCUT2D eigenvalue weighted by Gasteiger charge is -2.17. The van der Waals surface area contributed by atoms with Crippen molar-refractivity contribution in [3.8, 4) is 0 Å². The second kappa shape index (κ2) is 5.42. The van der Waals surface area contributed by atoms with Gasteiger partial charge in [0, 0.05) is 25.5 Å². The lowest BCUT2D eigenvalue weighted by atomic mass is 9.93. The van der Waals surface area contributed by atoms with Crippen LogP contribution in [-0.4, -0.2) is 24.6 Å². The molecule has 0 saturated carbocycles. The Kier molecular flexibility index (Phi) is 4.58. The maximum absolute atomic E-state index is 12.0. The SMILES string of the molecule is Cn1cc(S(=O)(=O)NCCC(C)(C)C)cc1CO. The Morgan fingerprint density at radius 3 is 2.44 bits per heavy atom. The average molecular weight is 274 g/mol. The van der Waals surface area contributed by atoms with Crippen LogP contribution in [0.4, 0.5) is 0 Å². The quantitative estimate of drug-likeness (QED) is 0.848. The first-order valence-electron chi connectivity index (χ1n) is 5.91. The van der Waals surface area contributed by atoms with Crippen LogP contribution in [0, 0.1) is 5.41 Å². The largest absolute Gasteiger partial charge is 0.390 e. The van der Waals surface area contributed by atoms with Gasteiger partial charge >= 0.3 is 0 Å². The minimum absolute atomic E-state index is 0.0927. The molecule has 0 fully saturated rings. The van der Waals surface area contributed by atoms with E-state index < -0.39 is 10.0 Å². The number of rotatable bonds is 5. The molecule has 0 aliphatic heterocycles. The first-order chi connectivity index (χ1) is 8.15. The summed E-state index contributed by atoms with van der Waals surface area (Å²) in [6.07, 6.45) is 2.27. The second-order valence-electron chi connectivity index (χ2n) is 5.64. The normalized spacial score (nSPS) is 12.9. The average Bonchev–Trinajstić information content (AvgIpc) is 2.58. The minimum Gasteiger partial charge on any atom is -0.390 e. The summed E-state index contributed by atoms with van der Waals surface area (Å²) in [6.45, 7) is 6.43. The van der Waals surface area contributed by atoms with E-state index in [0.29, 0.717) is 12.2 Å². The molecule has 0 radical (unpaired) electrons. The molecule has 0 atom stereocenters. The van der Waals surface area contributed by atoms with E-state index in [1.165, 1.54) is 12.3 Å². The molecule has 1 heterocycles. The summed E-state index contributed by atoms with van der Waals surface area (Å²) in [5.74, 6) is 0. The van der Waals surface area contributed by atoms with E-state index in [1.54, 1.807) is 11.6 Å². The van der Waals surface area contributed by atoms with Crippen LogP contribution < -0.4 is 4.72 Å². The van der Waals surface area contributed by atoms with E-state index in [2.05, 4.69) is 25.5 Å². The molecule has 0 aromatic carbocycles. The highest BCUT2D eigenvalue weighted by atomic mass is 32.2. The zero-order valence-electron chi connectivity index (χ0n) is 11.4. The number of aryl methyl sites for hydroxylation is 1. The first kappa shape index (κ1) is 15.2. The fraction of sp³-hybridized carbons (Fsp3) is 0.667. The molecular formula is C12H22N2O3S. The first-order valence-corrected chi connectivity index (χ1v) is 7.40. The summed E-state index contributed by atoms with van der Waals surface area (Å²) in [5.41, 5.74) is 0.668. The summed E-state index contributed by atoms with van der Waals surface area (Å²) in [4.78, 5) is 0.197. The van der Waals surface area contributed by atoms with Crippen molar-refractivity contribution < 1.29 is 13.5 Å². The van der Waals surface area contributed by atoms with Crippen LogP contribution in [0.1, 0.15) is 32.9 Å². The van der Waals surface area contributed by atoms with E-state index in [-0.39, 0.29) is 16.9 Å². The maximum atomic E-state index is 12.0. The van der Waals surface area contributed by atoms with Crippen LogP contribution in [0.25, 0.3) is 0 Å². The Morgan fingerprint density at radius 1 is 1.39 bits per heavy atom. The molecule has 2 N–H and O–H groups in total. The van der Waals surface area contributed by atoms with Crippen LogP contribution >= 0.6 is 0 Å². The van der Waals surface area contributed by atoms with Crippen molar-refractivity contribution in [3.63, 3.8) is 0 Å². The molecule has 18 heavy (non-hydrogen) atoms. The summed E-state index contributed by atoms with van der Waals surface area (Å²) in [5, 5.41) is 9.04. The Balaban J connectivity index is 2.74. The van der Waals surface area contributed by atoms with Gasteiger partial charge in [-0.15, -0.1) is 0 Å². The van der Waals surface area contributed by atoms with Crippen molar-refractivity contribution in [2.45, 2.75) is 38.7 Å². The second-order valence-corrected chi connectivity index (χ2v) is 7.41. The van der Waals surface area contributed by atoms with Crippen molar-refractivity contribution in [1.29, 1.82) is 0 Å². The van der Waals surface area contributed by atoms with E-state index >= 15 is 0 Å². The summed E-state index contributed by atoms with van der Waals surface area (Å²) >= 11 is 0. The van der Waals surface area contributed by atoms with Gasteiger partial charge in [-0.2, -0.15) is 0 Å². The molecule has 1 rings (SSSR count). The predicted octanol–water partition coefficient (Wildman–Crippen LogP) is 1.23. The Hall–Kier alpha value is -0.850. The summed E-state index contributed by atoms with van der Waals surface area (Å²) < 4.78 is 28.2. The minimum atomic E-state index is -3.48. The summed E-state index contributed by atoms with van der Waals surface area (Å²) in [6, 6.07) is 1.49. The van der Waals surface area contributed by atoms with Gasteiger partial charge in [-0.25, -0.2) is 13.1 Å². The van der Waals surface area contributed by atoms with Gasteiger partial charge in [-0.05, 0) is 17.9 Å². The van der Waals surface area contributed by atoms with Gasteiger partial charge in [-0.3, -0.25) is 0 Å². The number of hydrogen-bond acceptors (Lipinski definition) is 3. The van der Waals surface area contributed by atoms with E-state index in [1.807, 2.05) is 0 Å². The van der Waals surface area contributed by atoms with Gasteiger partial charge in [0.15, 0.2) is 0 Å². The number of hydrogen-bond donors (Lipinski definition) is 2. The molecule has 0 amide bonds. The Labute approximate surface area is 109 Å². The topological polar surface area (TPSA) is 71.3 Å². The number of nitrogens with zero attached hydrogens (tertiary/aromatic N) is 1. The molecule has 0 unspecified atom stereocenters. The van der Waals surface area contributed by atoms with Gasteiger partial charge < -0.3 is 9.67 Å². The van der Waals surface area contributed by atoms with E-state index in [4.69, 9.17) is 5.11 Å². The highest BCUT2D eigenvalue weighted by Gasteiger charge is 2.18. The molecular weight excluding hydrogens is 252 g/mol. The Bertz CT molecular complexity index is 498. The third-order valence-corrected chi connectivity index (χ3v) is 4.15. The fourth-order valence-electron chi connectivity index (χ4n) is 1.52. The van der Waals surface area contributed by atoms with E-state index in [0.717, 1.165) is 6.42 Å². The van der Waals surface area contributed by atoms with Crippen LogP contribution in [0.15, 0.2) is 17.2 Å². The number of nitrogens with one attached hydrogen (secondary N) is 1. The standard InChI is InChI=1S/C12H22N2O3S/c1-12(2,3)5-6-13-18(16,17)11-7-10(9-15)14(4)8-11/h7-8,13,15H,5-6,9H2,1-4H3. The third kappa shape index (κ3) is 4.12. The van der Waals surface area contributed by atoms with Crippen molar-refractivity contribution in [3.05, 3.63) is 18.0 Å². The van der Waals surface area contributed by atoms with Crippen LogP contribution in [0.3, 0.4) is 0 Å². The molecule has 1 aromatic rings. The van der Waals surface area contributed by atoms with Crippen molar-refractivity contribution in [2.24, 2.45) is 12.5 Å². The van der Waals surface area contributed by atoms with Crippen molar-refractivity contribution >= 4 is 10.0 Å². The van der Waals surface area contributed by atoms with Crippen LogP contribution in [0.5, 0.6) is 0 Å². The fourth-order valence-corrected chi connectivity index (χ4v) is 2.65. The van der Waals surface area contributed by atoms with Gasteiger partial charge in [0.2, 0.25) is 10.0 Å². The number of aromatic nitrogens is 1. The zero-order valence-corrected chi connectivity index (χ0v) is 12.2. The predicted molar refractivity (Wildman–Crippen MR) is 70.6 cm³/mol. The molecule has 5 nitrogen and oxygen atoms in total. The van der Waals surface area contributed by atoms with Gasteiger partial charge in [-0.1, -0.05) is 20.8 Å². The molecule has 0 spiro atoms. The molecule has 0 saturated heterocycles. The Morgan fingerprint density at radius 2 is 2.00 bits per heavy atom. The monoisotopic (exact) mass is 274 g/mol. The third-order valence-electron chi connectivity index (χ3n) is 2.72. The molecule has 6 heteroatoms. The lowest BCUT2D eigenvalue weighted by molar-refractivity contribution is 0.272. The molecule has 0 aliphatic carbocycles. The van der Waals surface area contributed by atoms with Gasteiger partial charge in [0.1, 0.15) is 0 Å². The van der Waals surface area contributed by atoms with Gasteiger partial charge in [0.25, 0.3) is 0 Å². The van der Waals surface area contributed by atoms with Crippen LogP contribution in [-0.2, 0) is 23.7 Å². The number of sulfonamides is 1. The molecule has 1 aromatic heterocycles. The van der Waals surface area contributed by atoms with Crippen molar-refractivity contribution in [2.75, 3.05) is 6.54 Å². The molecule has 104 valence electrons. The highest BCUT2D eigenvalue weighted by Crippen LogP contribution is 2.18. The van der Waals surface area contributed by atoms with Crippen LogP contribution in [0.2, 0.25) is 0 Å². The zero-order chi connectivity index (χ0) is 14.0. The molecule has 0 aliphatic rings. The number of aliphatic hydroxyl groups excluding tert-OH is 1. The summed E-state index contributed by atoms with van der Waals surface area (Å²) in [7, 11) is -1.77. The maximum Gasteiger partial charge on any atom is 0.242 e. The number of aliphatic hydroxyl groups is 1.